The molecule has 1 amide bonds. The van der Waals surface area contributed by atoms with Gasteiger partial charge in [-0.25, -0.2) is 4.98 Å². The van der Waals surface area contributed by atoms with Gasteiger partial charge < -0.3 is 10.6 Å². The number of nitro benzene ring substituents is 1. The van der Waals surface area contributed by atoms with Crippen LogP contribution in [0.5, 0.6) is 0 Å². The zero-order valence-corrected chi connectivity index (χ0v) is 16.7. The van der Waals surface area contributed by atoms with Gasteiger partial charge in [0.1, 0.15) is 5.82 Å². The number of nitrogens with zero attached hydrogens (tertiary/aromatic N) is 3. The minimum atomic E-state index is -0.473. The molecule has 9 nitrogen and oxygen atoms in total. The number of thioether (sulfide) groups is 1. The normalized spacial score (nSPS) is 10.6. The molecular weight excluding hydrogens is 392 g/mol. The first-order valence-corrected chi connectivity index (χ1v) is 9.79. The van der Waals surface area contributed by atoms with Crippen LogP contribution >= 0.6 is 11.8 Å². The minimum Gasteiger partial charge on any atom is -0.378 e. The molecule has 150 valence electrons. The summed E-state index contributed by atoms with van der Waals surface area (Å²) in [6, 6.07) is 12.6. The number of benzene rings is 2. The third kappa shape index (κ3) is 5.79. The lowest BCUT2D eigenvalue weighted by Crippen LogP contribution is -2.14. The Labute approximate surface area is 171 Å². The van der Waals surface area contributed by atoms with Crippen molar-refractivity contribution >= 4 is 34.7 Å². The number of amides is 1. The van der Waals surface area contributed by atoms with E-state index in [1.54, 1.807) is 19.1 Å². The van der Waals surface area contributed by atoms with E-state index < -0.39 is 4.92 Å². The molecule has 3 N–H and O–H groups in total. The summed E-state index contributed by atoms with van der Waals surface area (Å²) in [6.07, 6.45) is 0. The molecule has 0 bridgehead atoms. The van der Waals surface area contributed by atoms with Crippen LogP contribution in [0, 0.1) is 24.0 Å². The van der Waals surface area contributed by atoms with E-state index in [1.165, 1.54) is 23.4 Å². The van der Waals surface area contributed by atoms with Crippen LogP contribution in [-0.2, 0) is 11.3 Å². The largest absolute Gasteiger partial charge is 0.378 e. The van der Waals surface area contributed by atoms with Crippen molar-refractivity contribution in [3.63, 3.8) is 0 Å². The van der Waals surface area contributed by atoms with Crippen LogP contribution in [0.3, 0.4) is 0 Å². The van der Waals surface area contributed by atoms with Crippen LogP contribution in [0.15, 0.2) is 47.6 Å². The Morgan fingerprint density at radius 2 is 1.90 bits per heavy atom. The Bertz CT molecular complexity index is 1020. The molecule has 29 heavy (non-hydrogen) atoms. The topological polar surface area (TPSA) is 126 Å². The predicted molar refractivity (Wildman–Crippen MR) is 112 cm³/mol. The van der Waals surface area contributed by atoms with Crippen LogP contribution in [0.2, 0.25) is 0 Å². The molecule has 0 saturated heterocycles. The zero-order chi connectivity index (χ0) is 20.8. The first kappa shape index (κ1) is 20.3. The molecule has 0 unspecified atom stereocenters. The van der Waals surface area contributed by atoms with E-state index >= 15 is 0 Å². The second-order valence-electron chi connectivity index (χ2n) is 6.38. The molecule has 0 spiro atoms. The fraction of sp³-hybridized carbons (Fsp3) is 0.211. The second-order valence-corrected chi connectivity index (χ2v) is 7.32. The number of nitro groups is 1. The van der Waals surface area contributed by atoms with Gasteiger partial charge in [-0.2, -0.15) is 0 Å². The number of hydrogen-bond donors (Lipinski definition) is 3. The third-order valence-electron chi connectivity index (χ3n) is 4.04. The molecule has 0 saturated carbocycles. The van der Waals surface area contributed by atoms with Crippen molar-refractivity contribution < 1.29 is 9.72 Å². The lowest BCUT2D eigenvalue weighted by molar-refractivity contribution is -0.385. The molecule has 0 aliphatic carbocycles. The van der Waals surface area contributed by atoms with E-state index in [-0.39, 0.29) is 17.3 Å². The summed E-state index contributed by atoms with van der Waals surface area (Å²) in [5.74, 6) is 0.449. The molecule has 3 rings (SSSR count). The summed E-state index contributed by atoms with van der Waals surface area (Å²) in [7, 11) is 0. The molecule has 1 aromatic heterocycles. The van der Waals surface area contributed by atoms with Gasteiger partial charge in [-0.05, 0) is 32.0 Å². The molecule has 0 aliphatic rings. The molecule has 1 heterocycles. The first-order valence-electron chi connectivity index (χ1n) is 8.80. The van der Waals surface area contributed by atoms with Crippen LogP contribution in [-0.4, -0.2) is 31.8 Å². The molecule has 2 aromatic carbocycles. The van der Waals surface area contributed by atoms with E-state index in [1.807, 2.05) is 31.2 Å². The number of H-pyrrole nitrogens is 1. The highest BCUT2D eigenvalue weighted by Crippen LogP contribution is 2.22. The summed E-state index contributed by atoms with van der Waals surface area (Å²) in [6.45, 7) is 4.16. The van der Waals surface area contributed by atoms with Gasteiger partial charge in [-0.1, -0.05) is 35.5 Å². The van der Waals surface area contributed by atoms with Crippen molar-refractivity contribution in [2.45, 2.75) is 25.5 Å². The van der Waals surface area contributed by atoms with E-state index in [9.17, 15) is 14.9 Å². The maximum atomic E-state index is 12.1. The number of carbonyl (C=O) groups excluding carboxylic acids is 1. The number of aromatic nitrogens is 3. The van der Waals surface area contributed by atoms with Gasteiger partial charge in [0, 0.05) is 23.0 Å². The Morgan fingerprint density at radius 1 is 1.17 bits per heavy atom. The fourth-order valence-corrected chi connectivity index (χ4v) is 3.11. The SMILES string of the molecule is Cc1ccc(NCc2nc(SCC(=O)Nc3ccc(C)c([N+](=O)[O-])c3)n[nH]2)cc1. The number of hydrogen-bond acceptors (Lipinski definition) is 7. The average Bonchev–Trinajstić information content (AvgIpc) is 3.15. The maximum Gasteiger partial charge on any atom is 0.274 e. The molecule has 0 radical (unpaired) electrons. The number of nitrogens with one attached hydrogen (secondary N) is 3. The Hall–Kier alpha value is -3.40. The van der Waals surface area contributed by atoms with Crippen molar-refractivity contribution in [1.82, 2.24) is 15.2 Å². The predicted octanol–water partition coefficient (Wildman–Crippen LogP) is 3.67. The Balaban J connectivity index is 1.49. The lowest BCUT2D eigenvalue weighted by atomic mass is 10.2. The number of anilines is 2. The van der Waals surface area contributed by atoms with Crippen LogP contribution in [0.25, 0.3) is 0 Å². The fourth-order valence-electron chi connectivity index (χ4n) is 2.49. The quantitative estimate of drug-likeness (QED) is 0.293. The standard InChI is InChI=1S/C19H20N6O3S/c1-12-3-6-14(7-4-12)20-10-17-22-19(24-23-17)29-11-18(26)21-15-8-5-13(2)16(9-15)25(27)28/h3-9,20H,10-11H2,1-2H3,(H,21,26)(H,22,23,24). The van der Waals surface area contributed by atoms with E-state index in [4.69, 9.17) is 0 Å². The second kappa shape index (κ2) is 9.20. The van der Waals surface area contributed by atoms with E-state index in [0.717, 1.165) is 5.69 Å². The summed E-state index contributed by atoms with van der Waals surface area (Å²) in [5.41, 5.74) is 3.05. The number of aryl methyl sites for hydroxylation is 2. The molecule has 0 aliphatic heterocycles. The van der Waals surface area contributed by atoms with Gasteiger partial charge in [0.15, 0.2) is 0 Å². The Morgan fingerprint density at radius 3 is 2.62 bits per heavy atom. The summed E-state index contributed by atoms with van der Waals surface area (Å²) < 4.78 is 0. The average molecular weight is 412 g/mol. The first-order chi connectivity index (χ1) is 13.9. The van der Waals surface area contributed by atoms with E-state index in [0.29, 0.717) is 28.8 Å². The van der Waals surface area contributed by atoms with Crippen LogP contribution in [0.1, 0.15) is 17.0 Å². The van der Waals surface area contributed by atoms with Gasteiger partial charge in [0.05, 0.1) is 17.2 Å². The van der Waals surface area contributed by atoms with Gasteiger partial charge in [0.2, 0.25) is 11.1 Å². The zero-order valence-electron chi connectivity index (χ0n) is 15.9. The number of rotatable bonds is 8. The number of aromatic amines is 1. The summed E-state index contributed by atoms with van der Waals surface area (Å²) in [5, 5.41) is 24.3. The monoisotopic (exact) mass is 412 g/mol. The van der Waals surface area contributed by atoms with Gasteiger partial charge in [0.25, 0.3) is 5.69 Å². The van der Waals surface area contributed by atoms with Crippen molar-refractivity contribution in [3.05, 3.63) is 69.5 Å². The van der Waals surface area contributed by atoms with Crippen molar-refractivity contribution in [2.24, 2.45) is 0 Å². The minimum absolute atomic E-state index is 0.0323. The molecule has 3 aromatic rings. The number of carbonyl (C=O) groups is 1. The van der Waals surface area contributed by atoms with Gasteiger partial charge in [-0.15, -0.1) is 5.10 Å². The van der Waals surface area contributed by atoms with Crippen molar-refractivity contribution in [1.29, 1.82) is 0 Å². The summed E-state index contributed by atoms with van der Waals surface area (Å²) in [4.78, 5) is 27.0. The lowest BCUT2D eigenvalue weighted by Gasteiger charge is -2.05. The van der Waals surface area contributed by atoms with Gasteiger partial charge >= 0.3 is 0 Å². The smallest absolute Gasteiger partial charge is 0.274 e. The molecular formula is C19H20N6O3S. The van der Waals surface area contributed by atoms with Crippen LogP contribution in [0.4, 0.5) is 17.1 Å². The third-order valence-corrected chi connectivity index (χ3v) is 4.89. The highest BCUT2D eigenvalue weighted by atomic mass is 32.2. The molecule has 0 atom stereocenters. The van der Waals surface area contributed by atoms with Crippen molar-refractivity contribution in [2.75, 3.05) is 16.4 Å². The maximum absolute atomic E-state index is 12.1. The van der Waals surface area contributed by atoms with E-state index in [2.05, 4.69) is 25.8 Å². The Kier molecular flexibility index (Phi) is 6.45. The summed E-state index contributed by atoms with van der Waals surface area (Å²) >= 11 is 1.18. The van der Waals surface area contributed by atoms with Crippen molar-refractivity contribution in [3.8, 4) is 0 Å². The van der Waals surface area contributed by atoms with Gasteiger partial charge in [-0.3, -0.25) is 20.0 Å². The molecule has 0 fully saturated rings. The highest BCUT2D eigenvalue weighted by molar-refractivity contribution is 7.99. The molecule has 10 heteroatoms. The highest BCUT2D eigenvalue weighted by Gasteiger charge is 2.13. The van der Waals surface area contributed by atoms with Crippen LogP contribution < -0.4 is 10.6 Å².